The predicted molar refractivity (Wildman–Crippen MR) is 239 cm³/mol. The third-order valence-electron chi connectivity index (χ3n) is 9.45. The fraction of sp³-hybridized carbons (Fsp3) is 0.267. The molecular formula is C45H50N6O10S. The average Bonchev–Trinajstić information content (AvgIpc) is 3.57. The van der Waals surface area contributed by atoms with Crippen molar-refractivity contribution in [3.8, 4) is 28.7 Å². The van der Waals surface area contributed by atoms with Crippen molar-refractivity contribution < 1.29 is 46.8 Å². The van der Waals surface area contributed by atoms with Crippen molar-refractivity contribution in [3.05, 3.63) is 114 Å². The lowest BCUT2D eigenvalue weighted by Gasteiger charge is -2.24. The van der Waals surface area contributed by atoms with Crippen molar-refractivity contribution in [3.63, 3.8) is 0 Å². The molecular weight excluding hydrogens is 817 g/mol. The number of carboxylic acids is 1. The zero-order chi connectivity index (χ0) is 44.6. The molecule has 4 aromatic carbocycles. The van der Waals surface area contributed by atoms with Gasteiger partial charge in [0, 0.05) is 59.7 Å². The summed E-state index contributed by atoms with van der Waals surface area (Å²) in [4.78, 5) is 29.4. The largest absolute Gasteiger partial charge is 0.494 e. The topological polar surface area (TPSA) is 201 Å². The molecule has 17 heteroatoms. The minimum atomic E-state index is -3.65. The van der Waals surface area contributed by atoms with Crippen LogP contribution in [0.3, 0.4) is 0 Å². The Morgan fingerprint density at radius 1 is 0.823 bits per heavy atom. The van der Waals surface area contributed by atoms with Crippen LogP contribution in [0.2, 0.25) is 0 Å². The summed E-state index contributed by atoms with van der Waals surface area (Å²) in [7, 11) is -0.571. The van der Waals surface area contributed by atoms with E-state index in [-0.39, 0.29) is 48.1 Å². The zero-order valence-electron chi connectivity index (χ0n) is 35.5. The van der Waals surface area contributed by atoms with E-state index in [9.17, 15) is 23.1 Å². The molecule has 0 atom stereocenters. The van der Waals surface area contributed by atoms with Gasteiger partial charge in [-0.2, -0.15) is 0 Å². The normalized spacial score (nSPS) is 11.5. The molecule has 0 unspecified atom stereocenters. The monoisotopic (exact) mass is 866 g/mol. The Morgan fingerprint density at radius 2 is 1.53 bits per heavy atom. The Labute approximate surface area is 360 Å². The lowest BCUT2D eigenvalue weighted by atomic mass is 9.86. The maximum atomic E-state index is 13.5. The van der Waals surface area contributed by atoms with Gasteiger partial charge in [-0.1, -0.05) is 45.0 Å². The second-order valence-electron chi connectivity index (χ2n) is 15.2. The van der Waals surface area contributed by atoms with Crippen LogP contribution >= 0.6 is 0 Å². The number of aromatic nitrogens is 2. The molecule has 0 bridgehead atoms. The number of methoxy groups -OCH3 is 1. The standard InChI is InChI=1S/C45H50N6O10S/c1-8-59-32-23-29(24-33(25-32)60-20-19-58-27-30-13-15-39(43(52)53)51(30)5)47-41-26-31(17-18-46-41)61-40-16-14-36(34-11-9-10-12-35(34)40)48-44(54)49-37-21-28(45(2,3)4)22-38(42(37)57-6)50-62(7,55)56/h9-18,21-26,50H,8,19-20,27H2,1-7H3,(H,46,47)(H,52,53)(H2,48,49,54). The highest BCUT2D eigenvalue weighted by Gasteiger charge is 2.23. The molecule has 0 aliphatic rings. The summed E-state index contributed by atoms with van der Waals surface area (Å²) in [5, 5.41) is 19.8. The number of carbonyl (C=O) groups is 2. The van der Waals surface area contributed by atoms with E-state index < -0.39 is 22.0 Å². The van der Waals surface area contributed by atoms with Gasteiger partial charge in [-0.25, -0.2) is 23.0 Å². The molecule has 0 saturated heterocycles. The molecule has 0 aliphatic heterocycles. The maximum absolute atomic E-state index is 13.5. The first-order valence-corrected chi connectivity index (χ1v) is 21.5. The Kier molecular flexibility index (Phi) is 13.8. The van der Waals surface area contributed by atoms with E-state index in [1.165, 1.54) is 7.11 Å². The summed E-state index contributed by atoms with van der Waals surface area (Å²) in [6, 6.07) is 26.0. The first kappa shape index (κ1) is 44.6. The highest BCUT2D eigenvalue weighted by molar-refractivity contribution is 7.92. The number of hydrogen-bond donors (Lipinski definition) is 5. The van der Waals surface area contributed by atoms with E-state index in [0.717, 1.165) is 22.9 Å². The van der Waals surface area contributed by atoms with Crippen LogP contribution in [0.25, 0.3) is 10.8 Å². The van der Waals surface area contributed by atoms with Gasteiger partial charge >= 0.3 is 12.0 Å². The third-order valence-corrected chi connectivity index (χ3v) is 10.0. The number of carbonyl (C=O) groups excluding carboxylic acids is 1. The fourth-order valence-corrected chi connectivity index (χ4v) is 7.05. The first-order chi connectivity index (χ1) is 29.5. The molecule has 2 aromatic heterocycles. The summed E-state index contributed by atoms with van der Waals surface area (Å²) in [6.45, 7) is 9.01. The highest BCUT2D eigenvalue weighted by atomic mass is 32.2. The molecule has 0 fully saturated rings. The van der Waals surface area contributed by atoms with Gasteiger partial charge in [0.1, 0.15) is 41.1 Å². The van der Waals surface area contributed by atoms with Gasteiger partial charge in [0.05, 0.1) is 50.2 Å². The second kappa shape index (κ2) is 19.2. The van der Waals surface area contributed by atoms with Gasteiger partial charge in [0.2, 0.25) is 10.0 Å². The van der Waals surface area contributed by atoms with E-state index >= 15 is 0 Å². The predicted octanol–water partition coefficient (Wildman–Crippen LogP) is 9.12. The van der Waals surface area contributed by atoms with Crippen molar-refractivity contribution in [2.24, 2.45) is 7.05 Å². The van der Waals surface area contributed by atoms with Crippen LogP contribution < -0.4 is 39.6 Å². The van der Waals surface area contributed by atoms with Gasteiger partial charge in [0.15, 0.2) is 5.75 Å². The van der Waals surface area contributed by atoms with Crippen LogP contribution in [0.4, 0.5) is 33.4 Å². The summed E-state index contributed by atoms with van der Waals surface area (Å²) in [5.74, 6) is 1.82. The van der Waals surface area contributed by atoms with Crippen LogP contribution in [-0.2, 0) is 33.8 Å². The van der Waals surface area contributed by atoms with Crippen LogP contribution in [0.15, 0.2) is 97.2 Å². The molecule has 5 N–H and O–H groups in total. The summed E-state index contributed by atoms with van der Waals surface area (Å²) >= 11 is 0. The molecule has 0 spiro atoms. The van der Waals surface area contributed by atoms with Crippen LogP contribution in [0.5, 0.6) is 28.7 Å². The second-order valence-corrected chi connectivity index (χ2v) is 16.9. The van der Waals surface area contributed by atoms with Crippen molar-refractivity contribution in [2.75, 3.05) is 53.9 Å². The molecule has 326 valence electrons. The average molecular weight is 867 g/mol. The number of amides is 2. The van der Waals surface area contributed by atoms with E-state index in [0.29, 0.717) is 52.2 Å². The van der Waals surface area contributed by atoms with Gasteiger partial charge < -0.3 is 49.3 Å². The number of nitrogens with zero attached hydrogens (tertiary/aromatic N) is 2. The first-order valence-electron chi connectivity index (χ1n) is 19.6. The number of urea groups is 1. The van der Waals surface area contributed by atoms with E-state index in [1.54, 1.807) is 72.4 Å². The molecule has 6 aromatic rings. The molecule has 6 rings (SSSR count). The number of ether oxygens (including phenoxy) is 5. The lowest BCUT2D eigenvalue weighted by molar-refractivity contribution is 0.0681. The van der Waals surface area contributed by atoms with Crippen molar-refractivity contribution in [1.82, 2.24) is 9.55 Å². The van der Waals surface area contributed by atoms with E-state index in [2.05, 4.69) is 25.7 Å². The Morgan fingerprint density at radius 3 is 2.21 bits per heavy atom. The number of carboxylic acid groups (broad SMARTS) is 1. The quantitative estimate of drug-likeness (QED) is 0.0514. The van der Waals surface area contributed by atoms with Crippen LogP contribution in [-0.4, -0.2) is 68.3 Å². The lowest BCUT2D eigenvalue weighted by Crippen LogP contribution is -2.22. The fourth-order valence-electron chi connectivity index (χ4n) is 6.50. The molecule has 62 heavy (non-hydrogen) atoms. The number of rotatable bonds is 18. The van der Waals surface area contributed by atoms with Crippen LogP contribution in [0.1, 0.15) is 49.4 Å². The molecule has 0 aliphatic carbocycles. The van der Waals surface area contributed by atoms with Gasteiger partial charge in [-0.05, 0) is 60.4 Å². The summed E-state index contributed by atoms with van der Waals surface area (Å²) in [6.07, 6.45) is 2.67. The van der Waals surface area contributed by atoms with Crippen molar-refractivity contribution in [2.45, 2.75) is 39.7 Å². The number of anilines is 5. The maximum Gasteiger partial charge on any atom is 0.352 e. The van der Waals surface area contributed by atoms with E-state index in [4.69, 9.17) is 23.7 Å². The number of fused-ring (bicyclic) bond motifs is 1. The van der Waals surface area contributed by atoms with Gasteiger partial charge in [-0.3, -0.25) is 4.72 Å². The number of benzene rings is 4. The third kappa shape index (κ3) is 11.4. The number of pyridine rings is 1. The minimum Gasteiger partial charge on any atom is -0.494 e. The zero-order valence-corrected chi connectivity index (χ0v) is 36.3. The molecule has 2 heterocycles. The SMILES string of the molecule is CCOc1cc(Nc2cc(Oc3ccc(NC(=O)Nc4cc(C(C)(C)C)cc(NS(C)(=O)=O)c4OC)c4ccccc34)ccn2)cc(OCCOCc2ccc(C(=O)O)n2C)c1. The number of hydrogen-bond acceptors (Lipinski definition) is 11. The van der Waals surface area contributed by atoms with Crippen molar-refractivity contribution >= 4 is 61.4 Å². The molecule has 0 saturated carbocycles. The summed E-state index contributed by atoms with van der Waals surface area (Å²) < 4.78 is 57.9. The Balaban J connectivity index is 1.14. The molecule has 2 amide bonds. The van der Waals surface area contributed by atoms with Gasteiger partial charge in [0.25, 0.3) is 0 Å². The minimum absolute atomic E-state index is 0.163. The molecule has 0 radical (unpaired) electrons. The number of sulfonamides is 1. The van der Waals surface area contributed by atoms with Gasteiger partial charge in [-0.15, -0.1) is 0 Å². The highest BCUT2D eigenvalue weighted by Crippen LogP contribution is 2.40. The van der Waals surface area contributed by atoms with E-state index in [1.807, 2.05) is 64.1 Å². The number of nitrogens with one attached hydrogen (secondary N) is 4. The smallest absolute Gasteiger partial charge is 0.352 e. The molecule has 16 nitrogen and oxygen atoms in total. The number of aromatic carboxylic acids is 1. The summed E-state index contributed by atoms with van der Waals surface area (Å²) in [5.41, 5.74) is 2.97. The van der Waals surface area contributed by atoms with Crippen molar-refractivity contribution in [1.29, 1.82) is 0 Å². The Hall–Kier alpha value is -6.98. The Bertz CT molecular complexity index is 2690. The van der Waals surface area contributed by atoms with Crippen LogP contribution in [0, 0.1) is 0 Å².